The van der Waals surface area contributed by atoms with Crippen LogP contribution in [0.4, 0.5) is 5.69 Å². The molecule has 1 atom stereocenters. The van der Waals surface area contributed by atoms with E-state index in [-0.39, 0.29) is 5.91 Å². The molecule has 116 valence electrons. The molecule has 3 N–H and O–H groups in total. The molecule has 1 aliphatic rings. The molecule has 1 aromatic rings. The number of nitrogens with two attached hydrogens (primary N) is 1. The van der Waals surface area contributed by atoms with Crippen molar-refractivity contribution >= 4 is 27.5 Å². The normalized spacial score (nSPS) is 18.8. The Morgan fingerprint density at radius 3 is 2.81 bits per heavy atom. The van der Waals surface area contributed by atoms with E-state index in [1.807, 2.05) is 18.2 Å². The molecule has 1 fully saturated rings. The van der Waals surface area contributed by atoms with Gasteiger partial charge in [-0.1, -0.05) is 12.5 Å². The predicted molar refractivity (Wildman–Crippen MR) is 90.8 cm³/mol. The van der Waals surface area contributed by atoms with Crippen LogP contribution in [-0.4, -0.2) is 31.1 Å². The van der Waals surface area contributed by atoms with Crippen LogP contribution in [0.1, 0.15) is 43.5 Å². The zero-order valence-electron chi connectivity index (χ0n) is 12.7. The number of nitrogens with zero attached hydrogens (tertiary/aromatic N) is 1. The number of amides is 1. The first kappa shape index (κ1) is 16.3. The molecule has 0 aliphatic carbocycles. The fraction of sp³-hybridized carbons (Fsp3) is 0.562. The van der Waals surface area contributed by atoms with Crippen LogP contribution in [0.2, 0.25) is 0 Å². The second-order valence-electron chi connectivity index (χ2n) is 5.89. The highest BCUT2D eigenvalue weighted by molar-refractivity contribution is 9.10. The molecule has 0 bridgehead atoms. The zero-order chi connectivity index (χ0) is 15.4. The molecule has 4 nitrogen and oxygen atoms in total. The molecule has 0 aromatic heterocycles. The van der Waals surface area contributed by atoms with Crippen LogP contribution in [0.3, 0.4) is 0 Å². The fourth-order valence-electron chi connectivity index (χ4n) is 2.90. The fourth-order valence-corrected chi connectivity index (χ4v) is 3.45. The summed E-state index contributed by atoms with van der Waals surface area (Å²) < 4.78 is 0.759. The van der Waals surface area contributed by atoms with E-state index in [0.29, 0.717) is 17.6 Å². The second-order valence-corrected chi connectivity index (χ2v) is 6.75. The lowest BCUT2D eigenvalue weighted by molar-refractivity contribution is 0.1000. The first-order valence-corrected chi connectivity index (χ1v) is 8.38. The maximum Gasteiger partial charge on any atom is 0.251 e. The summed E-state index contributed by atoms with van der Waals surface area (Å²) in [6.07, 6.45) is 3.70. The number of rotatable bonds is 5. The van der Waals surface area contributed by atoms with Gasteiger partial charge in [-0.05, 0) is 61.3 Å². The molecule has 1 heterocycles. The summed E-state index contributed by atoms with van der Waals surface area (Å²) in [6, 6.07) is 6.58. The van der Waals surface area contributed by atoms with Crippen molar-refractivity contribution in [2.24, 2.45) is 5.73 Å². The molecule has 1 aromatic carbocycles. The lowest BCUT2D eigenvalue weighted by Gasteiger charge is -2.35. The number of carbonyl (C=O) groups excluding carboxylic acids is 1. The van der Waals surface area contributed by atoms with Crippen molar-refractivity contribution in [2.75, 3.05) is 18.0 Å². The first-order chi connectivity index (χ1) is 10.0. The van der Waals surface area contributed by atoms with E-state index >= 15 is 0 Å². The third kappa shape index (κ3) is 3.98. The maximum atomic E-state index is 11.8. The van der Waals surface area contributed by atoms with Gasteiger partial charge in [0.2, 0.25) is 0 Å². The lowest BCUT2D eigenvalue weighted by Crippen LogP contribution is -2.46. The smallest absolute Gasteiger partial charge is 0.251 e. The van der Waals surface area contributed by atoms with Crippen molar-refractivity contribution in [3.63, 3.8) is 0 Å². The van der Waals surface area contributed by atoms with Gasteiger partial charge in [-0.25, -0.2) is 0 Å². The average molecular weight is 354 g/mol. The second kappa shape index (κ2) is 7.27. The van der Waals surface area contributed by atoms with E-state index in [1.165, 1.54) is 19.3 Å². The summed E-state index contributed by atoms with van der Waals surface area (Å²) in [4.78, 5) is 14.1. The van der Waals surface area contributed by atoms with Gasteiger partial charge in [0.15, 0.2) is 0 Å². The number of benzene rings is 1. The number of hydrogen-bond donors (Lipinski definition) is 2. The molecule has 1 saturated heterocycles. The quantitative estimate of drug-likeness (QED) is 0.855. The Bertz CT molecular complexity index is 498. The Labute approximate surface area is 135 Å². The van der Waals surface area contributed by atoms with E-state index in [2.05, 4.69) is 40.0 Å². The molecule has 2 rings (SSSR count). The third-order valence-corrected chi connectivity index (χ3v) is 4.66. The topological polar surface area (TPSA) is 58.4 Å². The molecule has 5 heteroatoms. The Hall–Kier alpha value is -1.07. The van der Waals surface area contributed by atoms with Crippen molar-refractivity contribution in [1.29, 1.82) is 0 Å². The highest BCUT2D eigenvalue weighted by Crippen LogP contribution is 2.29. The van der Waals surface area contributed by atoms with Gasteiger partial charge in [0, 0.05) is 23.1 Å². The van der Waals surface area contributed by atoms with Gasteiger partial charge in [0.25, 0.3) is 5.91 Å². The summed E-state index contributed by atoms with van der Waals surface area (Å²) in [7, 11) is 0. The van der Waals surface area contributed by atoms with Crippen LogP contribution in [0.25, 0.3) is 0 Å². The first-order valence-electron chi connectivity index (χ1n) is 7.59. The van der Waals surface area contributed by atoms with Crippen LogP contribution in [0.5, 0.6) is 0 Å². The Morgan fingerprint density at radius 1 is 1.48 bits per heavy atom. The zero-order valence-corrected chi connectivity index (χ0v) is 14.3. The summed E-state index contributed by atoms with van der Waals surface area (Å²) in [5, 5.41) is 3.57. The van der Waals surface area contributed by atoms with Crippen LogP contribution < -0.4 is 16.0 Å². The number of carbonyl (C=O) groups is 1. The number of anilines is 1. The van der Waals surface area contributed by atoms with Gasteiger partial charge in [-0.3, -0.25) is 4.79 Å². The van der Waals surface area contributed by atoms with Crippen molar-refractivity contribution in [2.45, 2.75) is 45.2 Å². The minimum atomic E-state index is -0.389. The highest BCUT2D eigenvalue weighted by Gasteiger charge is 2.23. The van der Waals surface area contributed by atoms with Crippen molar-refractivity contribution in [1.82, 2.24) is 5.32 Å². The van der Waals surface area contributed by atoms with Gasteiger partial charge in [0.05, 0.1) is 11.3 Å². The number of piperidine rings is 1. The number of primary amides is 1. The Morgan fingerprint density at radius 2 is 2.24 bits per heavy atom. The van der Waals surface area contributed by atoms with E-state index in [1.54, 1.807) is 0 Å². The number of hydrogen-bond acceptors (Lipinski definition) is 3. The van der Waals surface area contributed by atoms with Gasteiger partial charge < -0.3 is 16.0 Å². The Balaban J connectivity index is 2.29. The highest BCUT2D eigenvalue weighted by atomic mass is 79.9. The molecular weight excluding hydrogens is 330 g/mol. The van der Waals surface area contributed by atoms with Gasteiger partial charge in [-0.2, -0.15) is 0 Å². The molecule has 1 unspecified atom stereocenters. The minimum Gasteiger partial charge on any atom is -0.367 e. The standard InChI is InChI=1S/C16H24BrN3O/c1-11(2)20(10-12-6-3-4-9-19-12)14-8-5-7-13(17)15(14)16(18)21/h5,7-8,11-12,19H,3-4,6,9-10H2,1-2H3,(H2,18,21). The van der Waals surface area contributed by atoms with E-state index in [0.717, 1.165) is 23.2 Å². The van der Waals surface area contributed by atoms with Crippen LogP contribution in [0, 0.1) is 0 Å². The van der Waals surface area contributed by atoms with E-state index < -0.39 is 0 Å². The lowest BCUT2D eigenvalue weighted by atomic mass is 10.0. The summed E-state index contributed by atoms with van der Waals surface area (Å²) in [5.74, 6) is -0.389. The molecule has 1 amide bonds. The maximum absolute atomic E-state index is 11.8. The Kier molecular flexibility index (Phi) is 5.65. The summed E-state index contributed by atoms with van der Waals surface area (Å²) in [6.45, 7) is 6.27. The van der Waals surface area contributed by atoms with Crippen LogP contribution >= 0.6 is 15.9 Å². The molecular formula is C16H24BrN3O. The summed E-state index contributed by atoms with van der Waals surface area (Å²) in [5.41, 5.74) is 7.06. The van der Waals surface area contributed by atoms with Crippen LogP contribution in [0.15, 0.2) is 22.7 Å². The summed E-state index contributed by atoms with van der Waals surface area (Å²) >= 11 is 3.45. The van der Waals surface area contributed by atoms with Crippen LogP contribution in [-0.2, 0) is 0 Å². The van der Waals surface area contributed by atoms with E-state index in [4.69, 9.17) is 5.73 Å². The monoisotopic (exact) mass is 353 g/mol. The molecule has 21 heavy (non-hydrogen) atoms. The number of halogens is 1. The van der Waals surface area contributed by atoms with Crippen molar-refractivity contribution in [3.05, 3.63) is 28.2 Å². The van der Waals surface area contributed by atoms with Gasteiger partial charge in [-0.15, -0.1) is 0 Å². The molecule has 0 spiro atoms. The van der Waals surface area contributed by atoms with Crippen molar-refractivity contribution in [3.8, 4) is 0 Å². The SMILES string of the molecule is CC(C)N(CC1CCCCN1)c1cccc(Br)c1C(N)=O. The average Bonchev–Trinajstić information content (AvgIpc) is 2.45. The molecule has 1 aliphatic heterocycles. The predicted octanol–water partition coefficient (Wildman–Crippen LogP) is 2.90. The van der Waals surface area contributed by atoms with E-state index in [9.17, 15) is 4.79 Å². The molecule has 0 saturated carbocycles. The van der Waals surface area contributed by atoms with Gasteiger partial charge >= 0.3 is 0 Å². The minimum absolute atomic E-state index is 0.307. The largest absolute Gasteiger partial charge is 0.367 e. The van der Waals surface area contributed by atoms with Gasteiger partial charge in [0.1, 0.15) is 0 Å². The number of nitrogens with one attached hydrogen (secondary N) is 1. The third-order valence-electron chi connectivity index (χ3n) is 4.00. The molecule has 0 radical (unpaired) electrons. The van der Waals surface area contributed by atoms with Crippen molar-refractivity contribution < 1.29 is 4.79 Å².